The second kappa shape index (κ2) is 8.51. The van der Waals surface area contributed by atoms with Gasteiger partial charge in [-0.1, -0.05) is 54.2 Å². The lowest BCUT2D eigenvalue weighted by atomic mass is 9.98. The lowest BCUT2D eigenvalue weighted by molar-refractivity contribution is -0.124. The van der Waals surface area contributed by atoms with Crippen LogP contribution in [0.1, 0.15) is 23.6 Å². The smallest absolute Gasteiger partial charge is 0.286 e. The number of hydrogen-bond acceptors (Lipinski definition) is 8. The summed E-state index contributed by atoms with van der Waals surface area (Å²) in [7, 11) is 1.63. The van der Waals surface area contributed by atoms with Crippen molar-refractivity contribution in [2.24, 2.45) is 5.10 Å². The average molecular weight is 469 g/mol. The molecule has 3 aliphatic rings. The normalized spacial score (nSPS) is 27.3. The van der Waals surface area contributed by atoms with Crippen molar-refractivity contribution < 1.29 is 19.1 Å². The van der Waals surface area contributed by atoms with E-state index < -0.39 is 27.1 Å². The Balaban J connectivity index is 1.44. The van der Waals surface area contributed by atoms with E-state index in [-0.39, 0.29) is 11.9 Å². The number of amides is 3. The van der Waals surface area contributed by atoms with Gasteiger partial charge in [0.1, 0.15) is 16.2 Å². The summed E-state index contributed by atoms with van der Waals surface area (Å²) >= 11 is 2.19. The Kier molecular flexibility index (Phi) is 5.56. The van der Waals surface area contributed by atoms with Crippen LogP contribution in [0, 0.1) is 0 Å². The first-order valence-corrected chi connectivity index (χ1v) is 11.9. The number of hydrogen-bond donors (Lipinski definition) is 2. The second-order valence-electron chi connectivity index (χ2n) is 7.52. The fraction of sp³-hybridized carbons (Fsp3) is 0.273. The van der Waals surface area contributed by atoms with E-state index >= 15 is 0 Å². The van der Waals surface area contributed by atoms with E-state index in [1.54, 1.807) is 7.11 Å². The highest BCUT2D eigenvalue weighted by molar-refractivity contribution is 8.16. The van der Waals surface area contributed by atoms with Crippen molar-refractivity contribution in [1.82, 2.24) is 15.6 Å². The Hall–Kier alpha value is -2.98. The number of carbonyl (C=O) groups excluding carboxylic acids is 3. The van der Waals surface area contributed by atoms with Crippen LogP contribution < -0.4 is 15.4 Å². The summed E-state index contributed by atoms with van der Waals surface area (Å²) in [5.74, 6) is 0.0779. The van der Waals surface area contributed by atoms with Gasteiger partial charge in [-0.3, -0.25) is 24.7 Å². The summed E-state index contributed by atoms with van der Waals surface area (Å²) in [6, 6.07) is 17.6. The summed E-state index contributed by atoms with van der Waals surface area (Å²) < 4.78 is 5.28. The van der Waals surface area contributed by atoms with Crippen LogP contribution in [0.15, 0.2) is 59.7 Å². The third kappa shape index (κ3) is 3.84. The van der Waals surface area contributed by atoms with Crippen LogP contribution in [0.4, 0.5) is 4.79 Å². The summed E-state index contributed by atoms with van der Waals surface area (Å²) in [4.78, 5) is 36.5. The fourth-order valence-corrected chi connectivity index (χ4v) is 6.39. The van der Waals surface area contributed by atoms with Gasteiger partial charge >= 0.3 is 0 Å². The van der Waals surface area contributed by atoms with E-state index in [2.05, 4.69) is 10.6 Å². The molecule has 3 amide bonds. The molecule has 0 aliphatic carbocycles. The van der Waals surface area contributed by atoms with Crippen LogP contribution in [0.25, 0.3) is 0 Å². The number of imide groups is 1. The molecule has 0 spiro atoms. The molecule has 3 aliphatic heterocycles. The predicted molar refractivity (Wildman–Crippen MR) is 123 cm³/mol. The first kappa shape index (κ1) is 20.9. The Morgan fingerprint density at radius 3 is 2.41 bits per heavy atom. The van der Waals surface area contributed by atoms with Gasteiger partial charge in [0.05, 0.1) is 18.9 Å². The zero-order valence-electron chi connectivity index (χ0n) is 17.1. The average Bonchev–Trinajstić information content (AvgIpc) is 3.50. The Morgan fingerprint density at radius 2 is 1.75 bits per heavy atom. The molecule has 0 saturated carbocycles. The highest BCUT2D eigenvalue weighted by Gasteiger charge is 2.49. The molecule has 5 rings (SSSR count). The zero-order valence-corrected chi connectivity index (χ0v) is 18.7. The van der Waals surface area contributed by atoms with E-state index in [0.29, 0.717) is 6.42 Å². The number of rotatable bonds is 5. The minimum absolute atomic E-state index is 0.0978. The summed E-state index contributed by atoms with van der Waals surface area (Å²) in [6.45, 7) is 0. The molecule has 32 heavy (non-hydrogen) atoms. The summed E-state index contributed by atoms with van der Waals surface area (Å²) in [6.07, 6.45) is 0.672. The van der Waals surface area contributed by atoms with Gasteiger partial charge in [0, 0.05) is 6.42 Å². The fourth-order valence-electron chi connectivity index (χ4n) is 3.99. The van der Waals surface area contributed by atoms with Gasteiger partial charge in [-0.05, 0) is 35.0 Å². The predicted octanol–water partition coefficient (Wildman–Crippen LogP) is 2.71. The second-order valence-corrected chi connectivity index (χ2v) is 9.86. The summed E-state index contributed by atoms with van der Waals surface area (Å²) in [5.41, 5.74) is 2.54. The molecule has 2 aromatic carbocycles. The molecule has 8 nitrogen and oxygen atoms in total. The molecule has 2 fully saturated rings. The topological polar surface area (TPSA) is 100 Å². The van der Waals surface area contributed by atoms with Gasteiger partial charge in [0.2, 0.25) is 11.8 Å². The van der Waals surface area contributed by atoms with E-state index in [1.165, 1.54) is 11.8 Å². The van der Waals surface area contributed by atoms with E-state index in [1.807, 2.05) is 59.6 Å². The van der Waals surface area contributed by atoms with Gasteiger partial charge in [-0.15, -0.1) is 0 Å². The van der Waals surface area contributed by atoms with Crippen LogP contribution in [-0.4, -0.2) is 50.9 Å². The first-order chi connectivity index (χ1) is 15.5. The molecular weight excluding hydrogens is 448 g/mol. The Bertz CT molecular complexity index is 1090. The zero-order chi connectivity index (χ0) is 22.2. The van der Waals surface area contributed by atoms with Crippen molar-refractivity contribution in [3.8, 4) is 5.75 Å². The lowest BCUT2D eigenvalue weighted by Gasteiger charge is -2.29. The van der Waals surface area contributed by atoms with Crippen LogP contribution in [-0.2, 0) is 9.59 Å². The van der Waals surface area contributed by atoms with Crippen molar-refractivity contribution in [1.29, 1.82) is 0 Å². The number of thioether (sulfide) groups is 2. The molecule has 2 aromatic rings. The van der Waals surface area contributed by atoms with Crippen molar-refractivity contribution in [3.63, 3.8) is 0 Å². The number of nitrogens with one attached hydrogen (secondary N) is 2. The highest BCUT2D eigenvalue weighted by Crippen LogP contribution is 2.42. The van der Waals surface area contributed by atoms with Crippen molar-refractivity contribution >= 4 is 46.3 Å². The van der Waals surface area contributed by atoms with E-state index in [0.717, 1.165) is 34.3 Å². The molecule has 0 radical (unpaired) electrons. The number of benzene rings is 2. The number of nitrogens with zero attached hydrogens (tertiary/aromatic N) is 2. The van der Waals surface area contributed by atoms with Crippen LogP contribution >= 0.6 is 23.5 Å². The number of hydrazone groups is 1. The molecule has 4 atom stereocenters. The highest BCUT2D eigenvalue weighted by atomic mass is 32.2. The quantitative estimate of drug-likeness (QED) is 0.696. The maximum absolute atomic E-state index is 12.7. The SMILES string of the molecule is COc1ccc([C@@H]2CC(c3ccccc3)=NN2[C@@H]2NC(=O)[C@H]([C@H]3SC(=O)NC3=O)S2)cc1. The summed E-state index contributed by atoms with van der Waals surface area (Å²) in [5, 5.41) is 10.2. The third-order valence-electron chi connectivity index (χ3n) is 5.58. The van der Waals surface area contributed by atoms with Crippen molar-refractivity contribution in [2.45, 2.75) is 28.5 Å². The molecule has 3 heterocycles. The van der Waals surface area contributed by atoms with Gasteiger partial charge in [-0.2, -0.15) is 5.10 Å². The number of ether oxygens (including phenoxy) is 1. The Morgan fingerprint density at radius 1 is 1.00 bits per heavy atom. The molecular formula is C22H20N4O4S2. The molecule has 2 saturated heterocycles. The van der Waals surface area contributed by atoms with Crippen LogP contribution in [0.5, 0.6) is 5.75 Å². The van der Waals surface area contributed by atoms with E-state index in [9.17, 15) is 14.4 Å². The minimum atomic E-state index is -0.739. The van der Waals surface area contributed by atoms with E-state index in [4.69, 9.17) is 9.84 Å². The molecule has 0 aromatic heterocycles. The van der Waals surface area contributed by atoms with Crippen LogP contribution in [0.3, 0.4) is 0 Å². The van der Waals surface area contributed by atoms with Gasteiger partial charge in [0.15, 0.2) is 5.50 Å². The molecule has 164 valence electrons. The van der Waals surface area contributed by atoms with Gasteiger partial charge in [-0.25, -0.2) is 0 Å². The maximum Gasteiger partial charge on any atom is 0.286 e. The standard InChI is InChI=1S/C22H20N4O4S2/c1-30-14-9-7-13(8-10-14)16-11-15(12-5-3-2-4-6-12)25-26(16)21-23-19(27)17(31-21)18-20(28)24-22(29)32-18/h2-10,16-18,21H,11H2,1H3,(H,23,27)(H,24,28,29)/t16-,17-,18+,21-/m0/s1. The first-order valence-electron chi connectivity index (χ1n) is 10.1. The molecule has 0 bridgehead atoms. The van der Waals surface area contributed by atoms with Crippen molar-refractivity contribution in [2.75, 3.05) is 7.11 Å². The maximum atomic E-state index is 12.7. The number of carbonyl (C=O) groups is 3. The van der Waals surface area contributed by atoms with Crippen molar-refractivity contribution in [3.05, 3.63) is 65.7 Å². The third-order valence-corrected chi connectivity index (χ3v) is 8.18. The minimum Gasteiger partial charge on any atom is -0.497 e. The number of methoxy groups -OCH3 is 1. The largest absolute Gasteiger partial charge is 0.497 e. The van der Waals surface area contributed by atoms with Gasteiger partial charge < -0.3 is 10.1 Å². The van der Waals surface area contributed by atoms with Crippen LogP contribution in [0.2, 0.25) is 0 Å². The van der Waals surface area contributed by atoms with Gasteiger partial charge in [0.25, 0.3) is 5.24 Å². The molecule has 2 N–H and O–H groups in total. The Labute approximate surface area is 193 Å². The lowest BCUT2D eigenvalue weighted by Crippen LogP contribution is -2.40. The monoisotopic (exact) mass is 468 g/mol. The molecule has 10 heteroatoms. The molecule has 0 unspecified atom stereocenters.